The highest BCUT2D eigenvalue weighted by Gasteiger charge is 2.24. The van der Waals surface area contributed by atoms with Gasteiger partial charge in [0, 0.05) is 12.8 Å². The van der Waals surface area contributed by atoms with E-state index in [1.165, 1.54) is 5.56 Å². The number of fused-ring (bicyclic) bond motifs is 2. The maximum absolute atomic E-state index is 8.86. The predicted octanol–water partition coefficient (Wildman–Crippen LogP) is 6.75. The zero-order valence-electron chi connectivity index (χ0n) is 14.9. The standard InChI is InChI=1S/C10H11ClO.C9H9ClO2.CH2Cl2.CH4/c1-2-8-6-7-4-3-5-9(11)10(7)12-8;10-8-3-1-2-6-4-7(5-11)12-9(6)8;2-1-3;/h3-5,8H,2,6H2,1H3;1-3,7,11H,4-5H2;1H2;1H4. The second-order valence-electron chi connectivity index (χ2n) is 6.04. The van der Waals surface area contributed by atoms with Gasteiger partial charge >= 0.3 is 0 Å². The Balaban J connectivity index is 0.000000239. The summed E-state index contributed by atoms with van der Waals surface area (Å²) >= 11 is 21.4. The van der Waals surface area contributed by atoms with Crippen LogP contribution in [0, 0.1) is 0 Å². The summed E-state index contributed by atoms with van der Waals surface area (Å²) in [6.07, 6.45) is 3.03. The monoisotopic (exact) mass is 466 g/mol. The highest BCUT2D eigenvalue weighted by Crippen LogP contribution is 2.36. The first kappa shape index (κ1) is 25.2. The molecule has 7 heteroatoms. The largest absolute Gasteiger partial charge is 0.488 e. The van der Waals surface area contributed by atoms with Crippen LogP contribution < -0.4 is 9.47 Å². The molecule has 3 nitrogen and oxygen atoms in total. The third kappa shape index (κ3) is 6.60. The lowest BCUT2D eigenvalue weighted by atomic mass is 10.1. The zero-order chi connectivity index (χ0) is 19.8. The molecule has 0 radical (unpaired) electrons. The lowest BCUT2D eigenvalue weighted by molar-refractivity contribution is 0.134. The fraction of sp³-hybridized carbons (Fsp3) is 0.429. The van der Waals surface area contributed by atoms with E-state index < -0.39 is 0 Å². The zero-order valence-corrected chi connectivity index (χ0v) is 18.0. The van der Waals surface area contributed by atoms with E-state index in [-0.39, 0.29) is 25.5 Å². The van der Waals surface area contributed by atoms with Crippen molar-refractivity contribution in [3.63, 3.8) is 0 Å². The number of halogens is 4. The van der Waals surface area contributed by atoms with Crippen molar-refractivity contribution in [2.24, 2.45) is 0 Å². The van der Waals surface area contributed by atoms with E-state index in [9.17, 15) is 0 Å². The lowest BCUT2D eigenvalue weighted by Crippen LogP contribution is -2.17. The molecule has 2 aliphatic rings. The summed E-state index contributed by atoms with van der Waals surface area (Å²) in [4.78, 5) is 0. The van der Waals surface area contributed by atoms with Crippen LogP contribution in [0.25, 0.3) is 0 Å². The molecule has 2 heterocycles. The Labute approximate surface area is 187 Å². The molecule has 1 N–H and O–H groups in total. The SMILES string of the molecule is C.CCC1Cc2cccc(Cl)c2O1.ClCCl.OCC1Cc2cccc(Cl)c2O1. The normalized spacial score (nSPS) is 18.1. The smallest absolute Gasteiger partial charge is 0.141 e. The third-order valence-electron chi connectivity index (χ3n) is 4.22. The maximum Gasteiger partial charge on any atom is 0.141 e. The van der Waals surface area contributed by atoms with Crippen molar-refractivity contribution < 1.29 is 14.6 Å². The highest BCUT2D eigenvalue weighted by molar-refractivity contribution is 6.40. The van der Waals surface area contributed by atoms with Crippen LogP contribution in [0.4, 0.5) is 0 Å². The third-order valence-corrected chi connectivity index (χ3v) is 4.82. The van der Waals surface area contributed by atoms with Gasteiger partial charge in [-0.15, -0.1) is 23.2 Å². The summed E-state index contributed by atoms with van der Waals surface area (Å²) in [6.45, 7) is 2.18. The Hall–Kier alpha value is -0.840. The number of hydrogen-bond acceptors (Lipinski definition) is 3. The number of hydrogen-bond donors (Lipinski definition) is 1. The minimum absolute atomic E-state index is 0. The van der Waals surface area contributed by atoms with Crippen LogP contribution in [-0.2, 0) is 12.8 Å². The summed E-state index contributed by atoms with van der Waals surface area (Å²) in [5.41, 5.74) is 2.33. The topological polar surface area (TPSA) is 38.7 Å². The van der Waals surface area contributed by atoms with Crippen LogP contribution in [0.2, 0.25) is 10.0 Å². The van der Waals surface area contributed by atoms with Crippen molar-refractivity contribution in [3.05, 3.63) is 57.6 Å². The second-order valence-corrected chi connectivity index (χ2v) is 7.66. The summed E-state index contributed by atoms with van der Waals surface area (Å²) in [7, 11) is 0. The van der Waals surface area contributed by atoms with Crippen molar-refractivity contribution in [1.29, 1.82) is 0 Å². The molecule has 156 valence electrons. The molecule has 2 aromatic rings. The predicted molar refractivity (Wildman–Crippen MR) is 120 cm³/mol. The van der Waals surface area contributed by atoms with Gasteiger partial charge in [0.05, 0.1) is 22.0 Å². The minimum atomic E-state index is -0.111. The van der Waals surface area contributed by atoms with Crippen LogP contribution in [0.3, 0.4) is 0 Å². The number of aliphatic hydroxyl groups is 1. The molecule has 0 fully saturated rings. The van der Waals surface area contributed by atoms with Gasteiger partial charge in [-0.05, 0) is 29.7 Å². The molecule has 0 amide bonds. The van der Waals surface area contributed by atoms with Crippen molar-refractivity contribution in [2.45, 2.75) is 45.8 Å². The Bertz CT molecular complexity index is 678. The van der Waals surface area contributed by atoms with Crippen LogP contribution in [0.5, 0.6) is 11.5 Å². The summed E-state index contributed by atoms with van der Waals surface area (Å²) in [6, 6.07) is 11.6. The van der Waals surface area contributed by atoms with Crippen LogP contribution >= 0.6 is 46.4 Å². The van der Waals surface area contributed by atoms with Crippen LogP contribution in [-0.4, -0.2) is 29.3 Å². The first-order chi connectivity index (χ1) is 13.0. The molecule has 2 aromatic carbocycles. The fourth-order valence-electron chi connectivity index (χ4n) is 2.93. The fourth-order valence-corrected chi connectivity index (χ4v) is 3.41. The quantitative estimate of drug-likeness (QED) is 0.496. The van der Waals surface area contributed by atoms with E-state index in [4.69, 9.17) is 61.0 Å². The molecule has 0 bridgehead atoms. The molecule has 0 aliphatic carbocycles. The summed E-state index contributed by atoms with van der Waals surface area (Å²) < 4.78 is 11.1. The van der Waals surface area contributed by atoms with Gasteiger partial charge in [0.15, 0.2) is 0 Å². The van der Waals surface area contributed by atoms with E-state index in [0.29, 0.717) is 11.1 Å². The van der Waals surface area contributed by atoms with E-state index >= 15 is 0 Å². The van der Waals surface area contributed by atoms with Gasteiger partial charge < -0.3 is 14.6 Å². The number of para-hydroxylation sites is 2. The molecular formula is C21H26Cl4O3. The highest BCUT2D eigenvalue weighted by atomic mass is 35.5. The van der Waals surface area contributed by atoms with Gasteiger partial charge in [-0.1, -0.05) is 61.8 Å². The second kappa shape index (κ2) is 12.7. The van der Waals surface area contributed by atoms with Crippen LogP contribution in [0.15, 0.2) is 36.4 Å². The Morgan fingerprint density at radius 3 is 1.71 bits per heavy atom. The number of benzene rings is 2. The molecule has 2 aliphatic heterocycles. The van der Waals surface area contributed by atoms with E-state index in [1.807, 2.05) is 24.3 Å². The number of aliphatic hydroxyl groups excluding tert-OH is 1. The number of alkyl halides is 2. The van der Waals surface area contributed by atoms with E-state index in [0.717, 1.165) is 41.3 Å². The molecule has 0 aromatic heterocycles. The first-order valence-corrected chi connectivity index (χ1v) is 10.5. The molecule has 0 saturated carbocycles. The summed E-state index contributed by atoms with van der Waals surface area (Å²) in [5.74, 6) is 1.63. The molecule has 0 saturated heterocycles. The van der Waals surface area contributed by atoms with Gasteiger partial charge in [-0.25, -0.2) is 0 Å². The van der Waals surface area contributed by atoms with Gasteiger partial charge in [0.2, 0.25) is 0 Å². The molecule has 4 rings (SSSR count). The average Bonchev–Trinajstić information content (AvgIpc) is 3.28. The number of ether oxygens (including phenoxy) is 2. The van der Waals surface area contributed by atoms with Crippen molar-refractivity contribution >= 4 is 46.4 Å². The Morgan fingerprint density at radius 2 is 1.32 bits per heavy atom. The van der Waals surface area contributed by atoms with Gasteiger partial charge in [0.1, 0.15) is 23.7 Å². The lowest BCUT2D eigenvalue weighted by Gasteiger charge is -2.06. The molecule has 28 heavy (non-hydrogen) atoms. The Morgan fingerprint density at radius 1 is 0.893 bits per heavy atom. The Kier molecular flexibility index (Phi) is 11.4. The molecule has 0 spiro atoms. The van der Waals surface area contributed by atoms with Gasteiger partial charge in [-0.2, -0.15) is 0 Å². The number of rotatable bonds is 2. The molecule has 2 unspecified atom stereocenters. The van der Waals surface area contributed by atoms with E-state index in [1.54, 1.807) is 6.07 Å². The average molecular weight is 468 g/mol. The van der Waals surface area contributed by atoms with Crippen molar-refractivity contribution in [3.8, 4) is 11.5 Å². The summed E-state index contributed by atoms with van der Waals surface area (Å²) in [5, 5.41) is 10.4. The first-order valence-electron chi connectivity index (χ1n) is 8.64. The van der Waals surface area contributed by atoms with Crippen molar-refractivity contribution in [2.75, 3.05) is 11.9 Å². The van der Waals surface area contributed by atoms with Gasteiger partial charge in [-0.3, -0.25) is 0 Å². The minimum Gasteiger partial charge on any atom is -0.488 e. The molecular weight excluding hydrogens is 442 g/mol. The molecule has 2 atom stereocenters. The van der Waals surface area contributed by atoms with Crippen LogP contribution in [0.1, 0.15) is 31.9 Å². The van der Waals surface area contributed by atoms with E-state index in [2.05, 4.69) is 13.0 Å². The maximum atomic E-state index is 8.86. The van der Waals surface area contributed by atoms with Crippen molar-refractivity contribution in [1.82, 2.24) is 0 Å². The van der Waals surface area contributed by atoms with Gasteiger partial charge in [0.25, 0.3) is 0 Å².